The predicted octanol–water partition coefficient (Wildman–Crippen LogP) is 1.49. The third kappa shape index (κ3) is 5.04. The van der Waals surface area contributed by atoms with Crippen molar-refractivity contribution in [3.05, 3.63) is 35.4 Å². The standard InChI is InChI=1S/C14H19N3OS/c1-12-3-2-4-13(9-12)10-15-16-14(18)11-17-5-7-19-8-6-17/h2-4,9-10H,5-8,11H2,1H3,(H,16,18). The van der Waals surface area contributed by atoms with E-state index < -0.39 is 0 Å². The summed E-state index contributed by atoms with van der Waals surface area (Å²) in [4.78, 5) is 13.9. The molecular formula is C14H19N3OS. The number of hydrazone groups is 1. The van der Waals surface area contributed by atoms with Gasteiger partial charge >= 0.3 is 0 Å². The van der Waals surface area contributed by atoms with Crippen molar-refractivity contribution in [2.45, 2.75) is 6.92 Å². The van der Waals surface area contributed by atoms with E-state index in [1.165, 1.54) is 5.56 Å². The number of nitrogens with one attached hydrogen (secondary N) is 1. The van der Waals surface area contributed by atoms with Gasteiger partial charge in [-0.05, 0) is 12.5 Å². The van der Waals surface area contributed by atoms with Crippen LogP contribution in [0.15, 0.2) is 29.4 Å². The number of aryl methyl sites for hydroxylation is 1. The van der Waals surface area contributed by atoms with E-state index in [-0.39, 0.29) is 5.91 Å². The molecule has 2 rings (SSSR count). The Morgan fingerprint density at radius 2 is 2.26 bits per heavy atom. The molecule has 0 atom stereocenters. The van der Waals surface area contributed by atoms with Crippen LogP contribution >= 0.6 is 11.8 Å². The van der Waals surface area contributed by atoms with Crippen molar-refractivity contribution in [2.75, 3.05) is 31.1 Å². The maximum atomic E-state index is 11.7. The molecule has 1 aromatic rings. The third-order valence-electron chi connectivity index (χ3n) is 2.92. The van der Waals surface area contributed by atoms with Crippen LogP contribution in [-0.2, 0) is 4.79 Å². The van der Waals surface area contributed by atoms with Crippen molar-refractivity contribution in [2.24, 2.45) is 5.10 Å². The Labute approximate surface area is 118 Å². The lowest BCUT2D eigenvalue weighted by Crippen LogP contribution is -2.40. The van der Waals surface area contributed by atoms with Gasteiger partial charge in [0.15, 0.2) is 0 Å². The second-order valence-corrected chi connectivity index (χ2v) is 5.82. The summed E-state index contributed by atoms with van der Waals surface area (Å²) in [5, 5.41) is 3.99. The SMILES string of the molecule is Cc1cccc(C=NNC(=O)CN2CCSCC2)c1. The molecule has 19 heavy (non-hydrogen) atoms. The van der Waals surface area contributed by atoms with Crippen LogP contribution in [0, 0.1) is 6.92 Å². The molecule has 0 saturated carbocycles. The van der Waals surface area contributed by atoms with Gasteiger partial charge in [-0.25, -0.2) is 5.43 Å². The minimum absolute atomic E-state index is 0.0456. The molecule has 0 spiro atoms. The van der Waals surface area contributed by atoms with Crippen LogP contribution in [0.3, 0.4) is 0 Å². The lowest BCUT2D eigenvalue weighted by molar-refractivity contribution is -0.122. The van der Waals surface area contributed by atoms with Gasteiger partial charge in [0.25, 0.3) is 5.91 Å². The van der Waals surface area contributed by atoms with Gasteiger partial charge in [0.05, 0.1) is 12.8 Å². The lowest BCUT2D eigenvalue weighted by atomic mass is 10.2. The first-order valence-electron chi connectivity index (χ1n) is 6.43. The van der Waals surface area contributed by atoms with E-state index >= 15 is 0 Å². The van der Waals surface area contributed by atoms with Crippen molar-refractivity contribution in [3.63, 3.8) is 0 Å². The summed E-state index contributed by atoms with van der Waals surface area (Å²) in [6.45, 7) is 4.44. The summed E-state index contributed by atoms with van der Waals surface area (Å²) in [5.41, 5.74) is 4.76. The number of hydrogen-bond acceptors (Lipinski definition) is 4. The van der Waals surface area contributed by atoms with Crippen LogP contribution < -0.4 is 5.43 Å². The average molecular weight is 277 g/mol. The summed E-state index contributed by atoms with van der Waals surface area (Å²) in [7, 11) is 0. The Morgan fingerprint density at radius 1 is 1.47 bits per heavy atom. The van der Waals surface area contributed by atoms with Gasteiger partial charge in [0, 0.05) is 24.6 Å². The number of rotatable bonds is 4. The highest BCUT2D eigenvalue weighted by Gasteiger charge is 2.13. The van der Waals surface area contributed by atoms with Gasteiger partial charge in [-0.15, -0.1) is 0 Å². The maximum Gasteiger partial charge on any atom is 0.254 e. The highest BCUT2D eigenvalue weighted by Crippen LogP contribution is 2.08. The van der Waals surface area contributed by atoms with Crippen LogP contribution in [0.4, 0.5) is 0 Å². The molecular weight excluding hydrogens is 258 g/mol. The fourth-order valence-corrected chi connectivity index (χ4v) is 2.91. The van der Waals surface area contributed by atoms with E-state index in [1.54, 1.807) is 6.21 Å². The predicted molar refractivity (Wildman–Crippen MR) is 80.7 cm³/mol. The van der Waals surface area contributed by atoms with Gasteiger partial charge in [0.1, 0.15) is 0 Å². The van der Waals surface area contributed by atoms with Gasteiger partial charge in [-0.3, -0.25) is 9.69 Å². The molecule has 1 saturated heterocycles. The number of thioether (sulfide) groups is 1. The molecule has 1 aromatic carbocycles. The number of hydrogen-bond donors (Lipinski definition) is 1. The van der Waals surface area contributed by atoms with Crippen LogP contribution in [-0.4, -0.2) is 48.2 Å². The van der Waals surface area contributed by atoms with Gasteiger partial charge in [-0.1, -0.05) is 29.8 Å². The first-order chi connectivity index (χ1) is 9.24. The summed E-state index contributed by atoms with van der Waals surface area (Å²) in [6.07, 6.45) is 1.68. The number of nitrogens with zero attached hydrogens (tertiary/aromatic N) is 2. The van der Waals surface area contributed by atoms with Crippen LogP contribution in [0.1, 0.15) is 11.1 Å². The van der Waals surface area contributed by atoms with Gasteiger partial charge in [-0.2, -0.15) is 16.9 Å². The summed E-state index contributed by atoms with van der Waals surface area (Å²) in [6, 6.07) is 8.00. The second-order valence-electron chi connectivity index (χ2n) is 4.60. The summed E-state index contributed by atoms with van der Waals surface area (Å²) in [5.74, 6) is 2.18. The molecule has 0 aliphatic carbocycles. The first kappa shape index (κ1) is 14.1. The second kappa shape index (κ2) is 7.31. The Bertz CT molecular complexity index is 456. The normalized spacial score (nSPS) is 16.7. The van der Waals surface area contributed by atoms with Crippen LogP contribution in [0.2, 0.25) is 0 Å². The summed E-state index contributed by atoms with van der Waals surface area (Å²) >= 11 is 1.94. The monoisotopic (exact) mass is 277 g/mol. The topological polar surface area (TPSA) is 44.7 Å². The van der Waals surface area contributed by atoms with Crippen LogP contribution in [0.25, 0.3) is 0 Å². The molecule has 102 valence electrons. The maximum absolute atomic E-state index is 11.7. The van der Waals surface area contributed by atoms with Gasteiger partial charge < -0.3 is 0 Å². The zero-order valence-electron chi connectivity index (χ0n) is 11.1. The molecule has 0 bridgehead atoms. The molecule has 1 fully saturated rings. The molecule has 1 heterocycles. The smallest absolute Gasteiger partial charge is 0.254 e. The molecule has 0 unspecified atom stereocenters. The Balaban J connectivity index is 1.76. The quantitative estimate of drug-likeness (QED) is 0.670. The highest BCUT2D eigenvalue weighted by molar-refractivity contribution is 7.99. The van der Waals surface area contributed by atoms with E-state index in [0.717, 1.165) is 30.2 Å². The van der Waals surface area contributed by atoms with Crippen LogP contribution in [0.5, 0.6) is 0 Å². The van der Waals surface area contributed by atoms with Crippen molar-refractivity contribution in [3.8, 4) is 0 Å². The molecule has 5 heteroatoms. The molecule has 1 amide bonds. The Kier molecular flexibility index (Phi) is 5.42. The highest BCUT2D eigenvalue weighted by atomic mass is 32.2. The van der Waals surface area contributed by atoms with E-state index in [9.17, 15) is 4.79 Å². The number of carbonyl (C=O) groups is 1. The average Bonchev–Trinajstić information content (AvgIpc) is 2.40. The zero-order chi connectivity index (χ0) is 13.5. The van der Waals surface area contributed by atoms with E-state index in [4.69, 9.17) is 0 Å². The largest absolute Gasteiger partial charge is 0.293 e. The fourth-order valence-electron chi connectivity index (χ4n) is 1.93. The molecule has 0 aromatic heterocycles. The van der Waals surface area contributed by atoms with Crippen molar-refractivity contribution in [1.29, 1.82) is 0 Å². The summed E-state index contributed by atoms with van der Waals surface area (Å²) < 4.78 is 0. The van der Waals surface area contributed by atoms with Crippen molar-refractivity contribution < 1.29 is 4.79 Å². The third-order valence-corrected chi connectivity index (χ3v) is 3.86. The van der Waals surface area contributed by atoms with Crippen molar-refractivity contribution >= 4 is 23.9 Å². The molecule has 4 nitrogen and oxygen atoms in total. The number of benzene rings is 1. The number of amides is 1. The lowest BCUT2D eigenvalue weighted by Gasteiger charge is -2.24. The Morgan fingerprint density at radius 3 is 3.00 bits per heavy atom. The zero-order valence-corrected chi connectivity index (χ0v) is 11.9. The number of carbonyl (C=O) groups excluding carboxylic acids is 1. The fraction of sp³-hybridized carbons (Fsp3) is 0.429. The molecule has 0 radical (unpaired) electrons. The van der Waals surface area contributed by atoms with Crippen molar-refractivity contribution in [1.82, 2.24) is 10.3 Å². The Hall–Kier alpha value is -1.33. The minimum atomic E-state index is -0.0456. The minimum Gasteiger partial charge on any atom is -0.293 e. The molecule has 1 aliphatic heterocycles. The van der Waals surface area contributed by atoms with E-state index in [0.29, 0.717) is 6.54 Å². The van der Waals surface area contributed by atoms with E-state index in [2.05, 4.69) is 15.4 Å². The van der Waals surface area contributed by atoms with Gasteiger partial charge in [0.2, 0.25) is 0 Å². The first-order valence-corrected chi connectivity index (χ1v) is 7.58. The molecule has 1 aliphatic rings. The molecule has 1 N–H and O–H groups in total. The van der Waals surface area contributed by atoms with E-state index in [1.807, 2.05) is 43.0 Å².